The zero-order chi connectivity index (χ0) is 13.9. The van der Waals surface area contributed by atoms with Crippen molar-refractivity contribution in [3.8, 4) is 5.75 Å². The monoisotopic (exact) mass is 281 g/mol. The van der Waals surface area contributed by atoms with Crippen LogP contribution in [-0.2, 0) is 16.6 Å². The molecule has 0 atom stereocenters. The maximum absolute atomic E-state index is 12.1. The topological polar surface area (TPSA) is 73.2 Å². The van der Waals surface area contributed by atoms with Crippen LogP contribution in [0.15, 0.2) is 41.4 Å². The minimum absolute atomic E-state index is 0.166. The van der Waals surface area contributed by atoms with Crippen LogP contribution in [0.5, 0.6) is 5.75 Å². The lowest BCUT2D eigenvalue weighted by Crippen LogP contribution is -2.13. The molecule has 0 aliphatic heterocycles. The van der Waals surface area contributed by atoms with Crippen LogP contribution in [-0.4, -0.2) is 25.3 Å². The molecule has 1 aromatic carbocycles. The molecule has 1 heterocycles. The van der Waals surface area contributed by atoms with Crippen molar-refractivity contribution in [3.05, 3.63) is 36.5 Å². The molecule has 2 aromatic rings. The minimum Gasteiger partial charge on any atom is -0.497 e. The predicted molar refractivity (Wildman–Crippen MR) is 71.7 cm³/mol. The highest BCUT2D eigenvalue weighted by Gasteiger charge is 2.15. The Kier molecular flexibility index (Phi) is 3.75. The number of sulfonamides is 1. The van der Waals surface area contributed by atoms with Crippen LogP contribution in [0.3, 0.4) is 0 Å². The van der Waals surface area contributed by atoms with E-state index in [1.165, 1.54) is 19.2 Å². The predicted octanol–water partition coefficient (Wildman–Crippen LogP) is 1.71. The van der Waals surface area contributed by atoms with Crippen molar-refractivity contribution in [3.63, 3.8) is 0 Å². The summed E-state index contributed by atoms with van der Waals surface area (Å²) in [5, 5.41) is 4.07. The molecule has 19 heavy (non-hydrogen) atoms. The van der Waals surface area contributed by atoms with E-state index in [-0.39, 0.29) is 4.90 Å². The van der Waals surface area contributed by atoms with E-state index in [0.717, 1.165) is 0 Å². The lowest BCUT2D eigenvalue weighted by Gasteiger charge is -2.06. The van der Waals surface area contributed by atoms with E-state index in [1.807, 2.05) is 6.92 Å². The number of methoxy groups -OCH3 is 1. The van der Waals surface area contributed by atoms with Gasteiger partial charge >= 0.3 is 0 Å². The third kappa shape index (κ3) is 3.05. The molecule has 2 rings (SSSR count). The molecule has 0 saturated carbocycles. The van der Waals surface area contributed by atoms with E-state index in [4.69, 9.17) is 4.74 Å². The average molecular weight is 281 g/mol. The quantitative estimate of drug-likeness (QED) is 0.905. The van der Waals surface area contributed by atoms with Gasteiger partial charge in [0.05, 0.1) is 12.0 Å². The second-order valence-corrected chi connectivity index (χ2v) is 5.52. The Morgan fingerprint density at radius 3 is 2.47 bits per heavy atom. The molecule has 102 valence electrons. The Bertz CT molecular complexity index is 647. The largest absolute Gasteiger partial charge is 0.497 e. The standard InChI is InChI=1S/C12H15N3O3S/c1-3-15-9-8-12(13-15)14-19(16,17)11-6-4-10(18-2)5-7-11/h4-9H,3H2,1-2H3,(H,13,14). The fourth-order valence-corrected chi connectivity index (χ4v) is 2.54. The fraction of sp³-hybridized carbons (Fsp3) is 0.250. The molecule has 0 aliphatic rings. The van der Waals surface area contributed by atoms with E-state index in [0.29, 0.717) is 18.1 Å². The maximum atomic E-state index is 12.1. The number of hydrogen-bond acceptors (Lipinski definition) is 4. The van der Waals surface area contributed by atoms with Crippen LogP contribution in [0.1, 0.15) is 6.92 Å². The highest BCUT2D eigenvalue weighted by molar-refractivity contribution is 7.92. The first kappa shape index (κ1) is 13.4. The van der Waals surface area contributed by atoms with Gasteiger partial charge in [0.15, 0.2) is 5.82 Å². The number of nitrogens with zero attached hydrogens (tertiary/aromatic N) is 2. The van der Waals surface area contributed by atoms with Crippen molar-refractivity contribution in [1.29, 1.82) is 0 Å². The van der Waals surface area contributed by atoms with Gasteiger partial charge < -0.3 is 4.74 Å². The van der Waals surface area contributed by atoms with Crippen LogP contribution in [0.2, 0.25) is 0 Å². The van der Waals surface area contributed by atoms with Gasteiger partial charge in [-0.15, -0.1) is 0 Å². The van der Waals surface area contributed by atoms with Gasteiger partial charge in [-0.05, 0) is 31.2 Å². The Balaban J connectivity index is 2.21. The number of aryl methyl sites for hydroxylation is 1. The number of rotatable bonds is 5. The molecule has 7 heteroatoms. The molecule has 0 amide bonds. The van der Waals surface area contributed by atoms with Crippen LogP contribution in [0.4, 0.5) is 5.82 Å². The summed E-state index contributed by atoms with van der Waals surface area (Å²) in [7, 11) is -2.09. The molecule has 1 N–H and O–H groups in total. The Labute approximate surface area is 112 Å². The molecule has 6 nitrogen and oxygen atoms in total. The maximum Gasteiger partial charge on any atom is 0.263 e. The number of ether oxygens (including phenoxy) is 1. The average Bonchev–Trinajstić information content (AvgIpc) is 2.85. The second-order valence-electron chi connectivity index (χ2n) is 3.84. The van der Waals surface area contributed by atoms with Gasteiger partial charge in [-0.2, -0.15) is 5.10 Å². The Morgan fingerprint density at radius 1 is 1.26 bits per heavy atom. The highest BCUT2D eigenvalue weighted by Crippen LogP contribution is 2.18. The first-order valence-corrected chi connectivity index (χ1v) is 7.24. The molecule has 0 aliphatic carbocycles. The molecule has 0 radical (unpaired) electrons. The molecule has 0 spiro atoms. The number of anilines is 1. The van der Waals surface area contributed by atoms with Crippen molar-refractivity contribution in [2.45, 2.75) is 18.4 Å². The summed E-state index contributed by atoms with van der Waals surface area (Å²) >= 11 is 0. The zero-order valence-electron chi connectivity index (χ0n) is 10.7. The number of benzene rings is 1. The summed E-state index contributed by atoms with van der Waals surface area (Å²) in [5.41, 5.74) is 0. The SMILES string of the molecule is CCn1ccc(NS(=O)(=O)c2ccc(OC)cc2)n1. The lowest BCUT2D eigenvalue weighted by molar-refractivity contribution is 0.414. The normalized spacial score (nSPS) is 11.3. The van der Waals surface area contributed by atoms with Gasteiger partial charge in [-0.25, -0.2) is 8.42 Å². The van der Waals surface area contributed by atoms with Gasteiger partial charge in [0.25, 0.3) is 10.0 Å². The van der Waals surface area contributed by atoms with Crippen LogP contribution < -0.4 is 9.46 Å². The number of nitrogens with one attached hydrogen (secondary N) is 1. The lowest BCUT2D eigenvalue weighted by atomic mass is 10.3. The van der Waals surface area contributed by atoms with Crippen molar-refractivity contribution in [1.82, 2.24) is 9.78 Å². The highest BCUT2D eigenvalue weighted by atomic mass is 32.2. The smallest absolute Gasteiger partial charge is 0.263 e. The Morgan fingerprint density at radius 2 is 1.95 bits per heavy atom. The van der Waals surface area contributed by atoms with Crippen molar-refractivity contribution >= 4 is 15.8 Å². The summed E-state index contributed by atoms with van der Waals surface area (Å²) in [6.07, 6.45) is 1.71. The van der Waals surface area contributed by atoms with E-state index in [9.17, 15) is 8.42 Å². The van der Waals surface area contributed by atoms with Crippen molar-refractivity contribution in [2.24, 2.45) is 0 Å². The molecular formula is C12H15N3O3S. The summed E-state index contributed by atoms with van der Waals surface area (Å²) in [6.45, 7) is 2.61. The number of aromatic nitrogens is 2. The van der Waals surface area contributed by atoms with E-state index in [1.54, 1.807) is 29.1 Å². The van der Waals surface area contributed by atoms with E-state index < -0.39 is 10.0 Å². The molecule has 0 saturated heterocycles. The van der Waals surface area contributed by atoms with Crippen LogP contribution in [0, 0.1) is 0 Å². The second kappa shape index (κ2) is 5.31. The van der Waals surface area contributed by atoms with Crippen LogP contribution in [0.25, 0.3) is 0 Å². The summed E-state index contributed by atoms with van der Waals surface area (Å²) < 4.78 is 33.3. The summed E-state index contributed by atoms with van der Waals surface area (Å²) in [5.74, 6) is 0.909. The minimum atomic E-state index is -3.61. The van der Waals surface area contributed by atoms with Gasteiger partial charge in [-0.3, -0.25) is 9.40 Å². The molecule has 0 fully saturated rings. The third-order valence-electron chi connectivity index (χ3n) is 2.57. The van der Waals surface area contributed by atoms with Gasteiger partial charge in [0, 0.05) is 18.8 Å². The summed E-state index contributed by atoms with van der Waals surface area (Å²) in [4.78, 5) is 0.166. The summed E-state index contributed by atoms with van der Waals surface area (Å²) in [6, 6.07) is 7.78. The van der Waals surface area contributed by atoms with E-state index in [2.05, 4.69) is 9.82 Å². The fourth-order valence-electron chi connectivity index (χ4n) is 1.54. The zero-order valence-corrected chi connectivity index (χ0v) is 11.5. The Hall–Kier alpha value is -2.02. The molecular weight excluding hydrogens is 266 g/mol. The van der Waals surface area contributed by atoms with Gasteiger partial charge in [0.1, 0.15) is 5.75 Å². The first-order valence-electron chi connectivity index (χ1n) is 5.75. The van der Waals surface area contributed by atoms with Gasteiger partial charge in [0.2, 0.25) is 0 Å². The third-order valence-corrected chi connectivity index (χ3v) is 3.94. The molecule has 0 unspecified atom stereocenters. The van der Waals surface area contributed by atoms with Crippen molar-refractivity contribution in [2.75, 3.05) is 11.8 Å². The molecule has 0 bridgehead atoms. The van der Waals surface area contributed by atoms with Gasteiger partial charge in [-0.1, -0.05) is 0 Å². The first-order chi connectivity index (χ1) is 9.05. The van der Waals surface area contributed by atoms with E-state index >= 15 is 0 Å². The molecule has 1 aromatic heterocycles. The van der Waals surface area contributed by atoms with Crippen LogP contribution >= 0.6 is 0 Å². The number of hydrogen-bond donors (Lipinski definition) is 1. The van der Waals surface area contributed by atoms with Crippen molar-refractivity contribution < 1.29 is 13.2 Å².